The zero-order chi connectivity index (χ0) is 20.0. The van der Waals surface area contributed by atoms with Crippen LogP contribution in [0, 0.1) is 0 Å². The van der Waals surface area contributed by atoms with Crippen LogP contribution in [0.2, 0.25) is 0 Å². The van der Waals surface area contributed by atoms with Gasteiger partial charge in [0, 0.05) is 32.8 Å². The van der Waals surface area contributed by atoms with Crippen molar-refractivity contribution >= 4 is 36.1 Å². The highest BCUT2D eigenvalue weighted by Crippen LogP contribution is 2.39. The lowest BCUT2D eigenvalue weighted by molar-refractivity contribution is -0.137. The Labute approximate surface area is 175 Å². The zero-order valence-electron chi connectivity index (χ0n) is 15.1. The van der Waals surface area contributed by atoms with Gasteiger partial charge in [-0.05, 0) is 48.2 Å². The van der Waals surface area contributed by atoms with Gasteiger partial charge in [-0.15, -0.1) is 0 Å². The molecule has 3 heterocycles. The Kier molecular flexibility index (Phi) is 4.53. The summed E-state index contributed by atoms with van der Waals surface area (Å²) in [6.07, 6.45) is -0.989. The van der Waals surface area contributed by atoms with Crippen molar-refractivity contribution in [3.8, 4) is 0 Å². The Morgan fingerprint density at radius 3 is 2.79 bits per heavy atom. The summed E-state index contributed by atoms with van der Waals surface area (Å²) >= 11 is -0.855. The standard InChI is InChI=1S/C21H16F3IN4/c22-21(23,24)15-8-10-17(27-16-9-7-12-4-1-2-5-13(12)16)28-19(15)18-14-6-3-11-26-20(14)29-25-18/h1-6,8,10-11,16H,7,9H2,(H,26,29)(H,27,28)/t16-/m1/s1. The molecule has 2 aliphatic rings. The number of hydrogen-bond donors (Lipinski definition) is 2. The number of fused-ring (bicyclic) bond motifs is 2. The molecule has 1 aliphatic carbocycles. The average molecular weight is 508 g/mol. The van der Waals surface area contributed by atoms with Gasteiger partial charge in [0.25, 0.3) is 0 Å². The molecular weight excluding hydrogens is 492 g/mol. The van der Waals surface area contributed by atoms with E-state index in [1.807, 2.05) is 12.1 Å². The minimum absolute atomic E-state index is 0.000770. The molecule has 5 rings (SSSR count). The van der Waals surface area contributed by atoms with E-state index in [4.69, 9.17) is 0 Å². The zero-order valence-corrected chi connectivity index (χ0v) is 17.3. The summed E-state index contributed by atoms with van der Waals surface area (Å²) in [5.41, 5.74) is 2.47. The van der Waals surface area contributed by atoms with E-state index >= 15 is 0 Å². The Morgan fingerprint density at radius 1 is 1.07 bits per heavy atom. The van der Waals surface area contributed by atoms with E-state index < -0.39 is 32.7 Å². The normalized spacial score (nSPS) is 17.6. The summed E-state index contributed by atoms with van der Waals surface area (Å²) in [6.45, 7) is 0. The maximum absolute atomic E-state index is 13.7. The molecule has 1 aliphatic heterocycles. The number of nitrogens with zero attached hydrogens (tertiary/aromatic N) is 2. The maximum atomic E-state index is 13.7. The van der Waals surface area contributed by atoms with Gasteiger partial charge in [-0.25, -0.2) is 9.97 Å². The van der Waals surface area contributed by atoms with E-state index in [1.165, 1.54) is 17.2 Å². The number of benzene rings is 1. The van der Waals surface area contributed by atoms with E-state index in [2.05, 4.69) is 30.9 Å². The Bertz CT molecular complexity index is 1130. The van der Waals surface area contributed by atoms with Gasteiger partial charge in [0.2, 0.25) is 0 Å². The number of nitrogens with one attached hydrogen (secondary N) is 2. The fourth-order valence-electron chi connectivity index (χ4n) is 3.79. The van der Waals surface area contributed by atoms with Crippen LogP contribution in [0.3, 0.4) is 0 Å². The highest BCUT2D eigenvalue weighted by Gasteiger charge is 2.37. The van der Waals surface area contributed by atoms with Crippen LogP contribution < -0.4 is 8.85 Å². The lowest BCUT2D eigenvalue weighted by Gasteiger charge is -2.18. The number of anilines is 2. The molecule has 0 fully saturated rings. The largest absolute Gasteiger partial charge is 0.418 e. The monoisotopic (exact) mass is 508 g/mol. The van der Waals surface area contributed by atoms with Gasteiger partial charge < -0.3 is 8.85 Å². The first-order chi connectivity index (χ1) is 14.0. The molecule has 1 aromatic carbocycles. The molecule has 0 spiro atoms. The molecule has 4 nitrogen and oxygen atoms in total. The summed E-state index contributed by atoms with van der Waals surface area (Å²) in [5.74, 6) is 1.09. The molecule has 0 unspecified atom stereocenters. The van der Waals surface area contributed by atoms with Crippen LogP contribution in [-0.4, -0.2) is 13.5 Å². The predicted molar refractivity (Wildman–Crippen MR) is 115 cm³/mol. The summed E-state index contributed by atoms with van der Waals surface area (Å²) in [7, 11) is 0. The van der Waals surface area contributed by atoms with E-state index in [0.717, 1.165) is 18.9 Å². The van der Waals surface area contributed by atoms with E-state index in [9.17, 15) is 13.2 Å². The van der Waals surface area contributed by atoms with Crippen molar-refractivity contribution in [2.24, 2.45) is 0 Å². The van der Waals surface area contributed by atoms with Crippen LogP contribution in [0.5, 0.6) is 0 Å². The number of hydrogen-bond acceptors (Lipinski definition) is 4. The van der Waals surface area contributed by atoms with E-state index in [1.54, 1.807) is 18.3 Å². The predicted octanol–water partition coefficient (Wildman–Crippen LogP) is 5.47. The first-order valence-electron chi connectivity index (χ1n) is 9.16. The molecule has 0 amide bonds. The van der Waals surface area contributed by atoms with Crippen LogP contribution >= 0.6 is 21.0 Å². The van der Waals surface area contributed by atoms with Gasteiger partial charge in [-0.2, -0.15) is 13.2 Å². The van der Waals surface area contributed by atoms with Crippen molar-refractivity contribution in [3.63, 3.8) is 0 Å². The van der Waals surface area contributed by atoms with Crippen LogP contribution in [0.1, 0.15) is 40.4 Å². The Hall–Kier alpha value is -2.49. The first-order valence-corrected chi connectivity index (χ1v) is 11.3. The second-order valence-corrected chi connectivity index (χ2v) is 9.08. The van der Waals surface area contributed by atoms with Crippen molar-refractivity contribution < 1.29 is 13.2 Å². The lowest BCUT2D eigenvalue weighted by Crippen LogP contribution is -2.17. The number of aryl methyl sites for hydroxylation is 1. The molecule has 0 saturated heterocycles. The van der Waals surface area contributed by atoms with E-state index in [0.29, 0.717) is 20.7 Å². The molecule has 29 heavy (non-hydrogen) atoms. The van der Waals surface area contributed by atoms with Gasteiger partial charge in [0.15, 0.2) is 0 Å². The molecule has 0 saturated carbocycles. The van der Waals surface area contributed by atoms with Crippen LogP contribution in [-0.2, 0) is 12.6 Å². The van der Waals surface area contributed by atoms with Crippen molar-refractivity contribution in [3.05, 3.63) is 82.7 Å². The topological polar surface area (TPSA) is 49.8 Å². The summed E-state index contributed by atoms with van der Waals surface area (Å²) in [4.78, 5) is 8.68. The molecular formula is C21H16F3IN4. The molecule has 2 N–H and O–H groups in total. The van der Waals surface area contributed by atoms with Crippen LogP contribution in [0.25, 0.3) is 0 Å². The Balaban J connectivity index is 1.54. The molecule has 1 atom stereocenters. The third kappa shape index (κ3) is 3.39. The highest BCUT2D eigenvalue weighted by molar-refractivity contribution is 14.2. The van der Waals surface area contributed by atoms with Gasteiger partial charge in [0.05, 0.1) is 20.8 Å². The van der Waals surface area contributed by atoms with Crippen molar-refractivity contribution in [1.82, 2.24) is 9.97 Å². The van der Waals surface area contributed by atoms with Gasteiger partial charge in [-0.3, -0.25) is 0 Å². The van der Waals surface area contributed by atoms with Crippen LogP contribution in [0.15, 0.2) is 54.7 Å². The Morgan fingerprint density at radius 2 is 1.93 bits per heavy atom. The summed E-state index contributed by atoms with van der Waals surface area (Å²) in [5, 5.41) is 3.35. The summed E-state index contributed by atoms with van der Waals surface area (Å²) in [6, 6.07) is 14.3. The summed E-state index contributed by atoms with van der Waals surface area (Å²) < 4.78 is 44.9. The van der Waals surface area contributed by atoms with E-state index in [-0.39, 0.29) is 11.7 Å². The first kappa shape index (κ1) is 18.5. The molecule has 3 aromatic rings. The minimum atomic E-state index is -4.47. The van der Waals surface area contributed by atoms with Crippen molar-refractivity contribution in [2.75, 3.05) is 8.85 Å². The van der Waals surface area contributed by atoms with Gasteiger partial charge in [0.1, 0.15) is 11.6 Å². The minimum Gasteiger partial charge on any atom is -0.363 e. The number of pyridine rings is 2. The lowest BCUT2D eigenvalue weighted by atomic mass is 10.0. The average Bonchev–Trinajstić information content (AvgIpc) is 3.32. The number of alkyl halides is 3. The smallest absolute Gasteiger partial charge is 0.363 e. The van der Waals surface area contributed by atoms with Crippen LogP contribution in [0.4, 0.5) is 24.8 Å². The van der Waals surface area contributed by atoms with Gasteiger partial charge >= 0.3 is 6.18 Å². The molecule has 8 heteroatoms. The quantitative estimate of drug-likeness (QED) is 0.364. The number of rotatable bonds is 3. The van der Waals surface area contributed by atoms with Crippen molar-refractivity contribution in [1.29, 1.82) is 0 Å². The maximum Gasteiger partial charge on any atom is 0.418 e. The fourth-order valence-corrected chi connectivity index (χ4v) is 6.14. The number of aromatic nitrogens is 2. The van der Waals surface area contributed by atoms with Gasteiger partial charge in [-0.1, -0.05) is 24.3 Å². The third-order valence-electron chi connectivity index (χ3n) is 5.14. The molecule has 148 valence electrons. The second kappa shape index (κ2) is 7.08. The fraction of sp³-hybridized carbons (Fsp3) is 0.190. The van der Waals surface area contributed by atoms with Crippen molar-refractivity contribution in [2.45, 2.75) is 25.1 Å². The second-order valence-electron chi connectivity index (χ2n) is 6.93. The molecule has 0 bridgehead atoms. The highest BCUT2D eigenvalue weighted by atomic mass is 127. The number of halogens is 4. The molecule has 2 aromatic heterocycles. The molecule has 0 radical (unpaired) electrons. The SMILES string of the molecule is FC(F)(F)c1ccc(N[C@@H]2CCc3ccccc32)nc1C1=INc2ncccc21. The third-order valence-corrected chi connectivity index (χ3v) is 7.55.